The Balaban J connectivity index is 1.64. The molecule has 2 rings (SSSR count). The molecule has 1 aromatic carbocycles. The van der Waals surface area contributed by atoms with Crippen LogP contribution in [0.3, 0.4) is 0 Å². The molecule has 22 heavy (non-hydrogen) atoms. The predicted octanol–water partition coefficient (Wildman–Crippen LogP) is 5.60. The van der Waals surface area contributed by atoms with Crippen LogP contribution in [-0.4, -0.2) is 6.67 Å². The fraction of sp³-hybridized carbons (Fsp3) is 0.550. The summed E-state index contributed by atoms with van der Waals surface area (Å²) < 4.78 is 12.0. The van der Waals surface area contributed by atoms with E-state index in [0.717, 1.165) is 30.2 Å². The van der Waals surface area contributed by atoms with Gasteiger partial charge in [-0.1, -0.05) is 50.0 Å². The van der Waals surface area contributed by atoms with E-state index < -0.39 is 0 Å². The molecule has 1 saturated carbocycles. The van der Waals surface area contributed by atoms with Crippen LogP contribution >= 0.6 is 0 Å². The Morgan fingerprint density at radius 2 is 1.64 bits per heavy atom. The number of nitrogens with zero attached hydrogens (tertiary/aromatic N) is 1. The van der Waals surface area contributed by atoms with Gasteiger partial charge in [0.25, 0.3) is 0 Å². The molecule has 0 saturated heterocycles. The highest BCUT2D eigenvalue weighted by Crippen LogP contribution is 2.33. The van der Waals surface area contributed by atoms with Crippen LogP contribution in [0.25, 0.3) is 0 Å². The van der Waals surface area contributed by atoms with Gasteiger partial charge < -0.3 is 0 Å². The zero-order chi connectivity index (χ0) is 15.6. The van der Waals surface area contributed by atoms with Crippen molar-refractivity contribution in [2.45, 2.75) is 51.4 Å². The van der Waals surface area contributed by atoms with Gasteiger partial charge in [-0.2, -0.15) is 5.26 Å². The molecule has 0 unspecified atom stereocenters. The molecular formula is C20H26FN. The molecular weight excluding hydrogens is 273 g/mol. The van der Waals surface area contributed by atoms with Gasteiger partial charge in [0.2, 0.25) is 0 Å². The van der Waals surface area contributed by atoms with Gasteiger partial charge in [-0.25, -0.2) is 4.39 Å². The standard InChI is InChI=1S/C20H26FN/c21-15-3-1-2-4-17-5-7-18(8-6-17)9-10-19-11-13-20(16-22)14-12-19/h1,3,11-14,17-18H,2,4-10,15H2/t17-,18-. The zero-order valence-electron chi connectivity index (χ0n) is 13.3. The van der Waals surface area contributed by atoms with Crippen LogP contribution in [0.4, 0.5) is 4.39 Å². The van der Waals surface area contributed by atoms with Crippen molar-refractivity contribution in [2.24, 2.45) is 11.8 Å². The number of benzene rings is 1. The molecule has 1 aliphatic rings. The molecule has 0 radical (unpaired) electrons. The van der Waals surface area contributed by atoms with Gasteiger partial charge >= 0.3 is 0 Å². The van der Waals surface area contributed by atoms with Gasteiger partial charge in [-0.15, -0.1) is 0 Å². The van der Waals surface area contributed by atoms with E-state index in [9.17, 15) is 4.39 Å². The molecule has 1 nitrogen and oxygen atoms in total. The molecule has 0 heterocycles. The second kappa shape index (κ2) is 9.41. The Kier molecular flexibility index (Phi) is 7.16. The molecule has 0 spiro atoms. The topological polar surface area (TPSA) is 23.8 Å². The summed E-state index contributed by atoms with van der Waals surface area (Å²) >= 11 is 0. The normalized spacial score (nSPS) is 21.8. The third-order valence-corrected chi connectivity index (χ3v) is 4.89. The average Bonchev–Trinajstić information content (AvgIpc) is 2.58. The van der Waals surface area contributed by atoms with Crippen LogP contribution in [-0.2, 0) is 6.42 Å². The first-order chi connectivity index (χ1) is 10.8. The van der Waals surface area contributed by atoms with Crippen LogP contribution in [0.15, 0.2) is 36.4 Å². The van der Waals surface area contributed by atoms with E-state index in [4.69, 9.17) is 5.26 Å². The second-order valence-electron chi connectivity index (χ2n) is 6.44. The molecule has 0 bridgehead atoms. The second-order valence-corrected chi connectivity index (χ2v) is 6.44. The minimum atomic E-state index is -0.331. The summed E-state index contributed by atoms with van der Waals surface area (Å²) in [6, 6.07) is 10.2. The highest BCUT2D eigenvalue weighted by molar-refractivity contribution is 5.31. The smallest absolute Gasteiger partial charge is 0.108 e. The minimum absolute atomic E-state index is 0.331. The molecule has 0 amide bonds. The number of alkyl halides is 1. The lowest BCUT2D eigenvalue weighted by Crippen LogP contribution is -2.15. The lowest BCUT2D eigenvalue weighted by atomic mass is 9.78. The Morgan fingerprint density at radius 3 is 2.23 bits per heavy atom. The summed E-state index contributed by atoms with van der Waals surface area (Å²) in [5.74, 6) is 1.70. The summed E-state index contributed by atoms with van der Waals surface area (Å²) in [5, 5.41) is 8.81. The lowest BCUT2D eigenvalue weighted by Gasteiger charge is -2.28. The van der Waals surface area contributed by atoms with Crippen molar-refractivity contribution >= 4 is 0 Å². The van der Waals surface area contributed by atoms with Crippen LogP contribution in [0.2, 0.25) is 0 Å². The number of rotatable bonds is 7. The van der Waals surface area contributed by atoms with Crippen molar-refractivity contribution in [3.05, 3.63) is 47.5 Å². The molecule has 0 aliphatic heterocycles. The van der Waals surface area contributed by atoms with E-state index in [-0.39, 0.29) is 6.67 Å². The predicted molar refractivity (Wildman–Crippen MR) is 89.3 cm³/mol. The fourth-order valence-electron chi connectivity index (χ4n) is 3.44. The van der Waals surface area contributed by atoms with Crippen molar-refractivity contribution < 1.29 is 4.39 Å². The van der Waals surface area contributed by atoms with Crippen LogP contribution in [0.5, 0.6) is 0 Å². The largest absolute Gasteiger partial charge is 0.247 e. The first-order valence-corrected chi connectivity index (χ1v) is 8.52. The Morgan fingerprint density at radius 1 is 1.00 bits per heavy atom. The molecule has 2 heteroatoms. The van der Waals surface area contributed by atoms with Crippen molar-refractivity contribution in [1.29, 1.82) is 5.26 Å². The van der Waals surface area contributed by atoms with Crippen molar-refractivity contribution in [2.75, 3.05) is 6.67 Å². The Hall–Kier alpha value is -1.62. The summed E-state index contributed by atoms with van der Waals surface area (Å²) in [5.41, 5.74) is 2.09. The van der Waals surface area contributed by atoms with Crippen molar-refractivity contribution in [3.8, 4) is 6.07 Å². The van der Waals surface area contributed by atoms with Crippen LogP contribution in [0, 0.1) is 23.2 Å². The monoisotopic (exact) mass is 299 g/mol. The SMILES string of the molecule is N#Cc1ccc(CC[C@H]2CC[C@H](CCC=CCF)CC2)cc1. The summed E-state index contributed by atoms with van der Waals surface area (Å²) in [6.07, 6.45) is 13.6. The van der Waals surface area contributed by atoms with E-state index in [1.54, 1.807) is 6.08 Å². The average molecular weight is 299 g/mol. The van der Waals surface area contributed by atoms with E-state index >= 15 is 0 Å². The van der Waals surface area contributed by atoms with E-state index in [0.29, 0.717) is 0 Å². The minimum Gasteiger partial charge on any atom is -0.247 e. The first kappa shape index (κ1) is 16.7. The molecule has 1 fully saturated rings. The van der Waals surface area contributed by atoms with Gasteiger partial charge in [-0.3, -0.25) is 0 Å². The molecule has 1 aromatic rings. The highest BCUT2D eigenvalue weighted by atomic mass is 19.1. The summed E-state index contributed by atoms with van der Waals surface area (Å²) in [7, 11) is 0. The number of halogens is 1. The lowest BCUT2D eigenvalue weighted by molar-refractivity contribution is 0.254. The number of hydrogen-bond donors (Lipinski definition) is 0. The maximum Gasteiger partial charge on any atom is 0.108 e. The zero-order valence-corrected chi connectivity index (χ0v) is 13.3. The maximum absolute atomic E-state index is 12.0. The number of allylic oxidation sites excluding steroid dienone is 2. The van der Waals surface area contributed by atoms with E-state index in [2.05, 4.69) is 18.2 Å². The molecule has 0 N–H and O–H groups in total. The molecule has 0 aromatic heterocycles. The maximum atomic E-state index is 12.0. The summed E-state index contributed by atoms with van der Waals surface area (Å²) in [6.45, 7) is -0.331. The third-order valence-electron chi connectivity index (χ3n) is 4.89. The fourth-order valence-corrected chi connectivity index (χ4v) is 3.44. The van der Waals surface area contributed by atoms with Gasteiger partial charge in [0, 0.05) is 0 Å². The van der Waals surface area contributed by atoms with Crippen molar-refractivity contribution in [3.63, 3.8) is 0 Å². The van der Waals surface area contributed by atoms with Gasteiger partial charge in [0.15, 0.2) is 0 Å². The Bertz CT molecular complexity index is 489. The number of nitriles is 1. The van der Waals surface area contributed by atoms with E-state index in [1.165, 1.54) is 44.1 Å². The molecule has 1 aliphatic carbocycles. The van der Waals surface area contributed by atoms with Crippen molar-refractivity contribution in [1.82, 2.24) is 0 Å². The van der Waals surface area contributed by atoms with Gasteiger partial charge in [0.1, 0.15) is 6.67 Å². The van der Waals surface area contributed by atoms with Crippen LogP contribution < -0.4 is 0 Å². The molecule has 0 atom stereocenters. The molecule has 118 valence electrons. The van der Waals surface area contributed by atoms with E-state index in [1.807, 2.05) is 18.2 Å². The summed E-state index contributed by atoms with van der Waals surface area (Å²) in [4.78, 5) is 0. The highest BCUT2D eigenvalue weighted by Gasteiger charge is 2.20. The number of hydrogen-bond acceptors (Lipinski definition) is 1. The van der Waals surface area contributed by atoms with Gasteiger partial charge in [-0.05, 0) is 55.2 Å². The number of aryl methyl sites for hydroxylation is 1. The first-order valence-electron chi connectivity index (χ1n) is 8.52. The van der Waals surface area contributed by atoms with Crippen LogP contribution in [0.1, 0.15) is 56.1 Å². The quantitative estimate of drug-likeness (QED) is 0.601. The van der Waals surface area contributed by atoms with Gasteiger partial charge in [0.05, 0.1) is 11.6 Å². The third kappa shape index (κ3) is 5.64. The Labute approximate surface area is 133 Å².